The first-order valence-corrected chi connectivity index (χ1v) is 14.6. The van der Waals surface area contributed by atoms with Gasteiger partial charge in [0.1, 0.15) is 24.2 Å². The second kappa shape index (κ2) is 14.1. The summed E-state index contributed by atoms with van der Waals surface area (Å²) < 4.78 is 47.3. The van der Waals surface area contributed by atoms with Crippen molar-refractivity contribution in [1.29, 1.82) is 0 Å². The summed E-state index contributed by atoms with van der Waals surface area (Å²) in [6.07, 6.45) is 1.65. The summed E-state index contributed by atoms with van der Waals surface area (Å²) >= 11 is 6.36. The Kier molecular flexibility index (Phi) is 10.9. The summed E-state index contributed by atoms with van der Waals surface area (Å²) in [5, 5.41) is 3.23. The molecule has 3 aromatic rings. The Hall–Kier alpha value is -3.63. The van der Waals surface area contributed by atoms with Gasteiger partial charge in [-0.15, -0.1) is 0 Å². The van der Waals surface area contributed by atoms with Gasteiger partial charge in [0, 0.05) is 18.1 Å². The third kappa shape index (κ3) is 7.73. The first-order chi connectivity index (χ1) is 19.1. The molecule has 0 saturated carbocycles. The Balaban J connectivity index is 2.00. The van der Waals surface area contributed by atoms with Gasteiger partial charge in [0.05, 0.1) is 17.7 Å². The van der Waals surface area contributed by atoms with Crippen LogP contribution in [0.5, 0.6) is 5.75 Å². The maximum atomic E-state index is 13.9. The van der Waals surface area contributed by atoms with Gasteiger partial charge in [-0.1, -0.05) is 43.1 Å². The van der Waals surface area contributed by atoms with Crippen LogP contribution < -0.4 is 14.4 Å². The van der Waals surface area contributed by atoms with E-state index >= 15 is 0 Å². The lowest BCUT2D eigenvalue weighted by molar-refractivity contribution is -0.139. The zero-order valence-corrected chi connectivity index (χ0v) is 24.2. The zero-order chi connectivity index (χ0) is 29.3. The first kappa shape index (κ1) is 30.9. The molecule has 40 heavy (non-hydrogen) atoms. The van der Waals surface area contributed by atoms with E-state index in [9.17, 15) is 22.4 Å². The maximum Gasteiger partial charge on any atom is 0.264 e. The third-order valence-electron chi connectivity index (χ3n) is 6.34. The molecule has 0 radical (unpaired) electrons. The average molecular weight is 590 g/mol. The number of benzene rings is 3. The van der Waals surface area contributed by atoms with E-state index in [0.29, 0.717) is 22.9 Å². The van der Waals surface area contributed by atoms with Crippen LogP contribution in [0.3, 0.4) is 0 Å². The molecule has 214 valence electrons. The number of carbonyl (C=O) groups excluding carboxylic acids is 2. The molecule has 0 unspecified atom stereocenters. The summed E-state index contributed by atoms with van der Waals surface area (Å²) in [7, 11) is -2.83. The number of nitrogens with one attached hydrogen (secondary N) is 1. The van der Waals surface area contributed by atoms with E-state index in [-0.39, 0.29) is 23.0 Å². The van der Waals surface area contributed by atoms with Gasteiger partial charge in [-0.3, -0.25) is 13.9 Å². The third-order valence-corrected chi connectivity index (χ3v) is 8.49. The molecule has 1 atom stereocenters. The van der Waals surface area contributed by atoms with Crippen LogP contribution in [0, 0.1) is 5.82 Å². The van der Waals surface area contributed by atoms with Crippen LogP contribution in [0.25, 0.3) is 0 Å². The number of carbonyl (C=O) groups is 2. The molecule has 0 fully saturated rings. The Labute approximate surface area is 239 Å². The first-order valence-electron chi connectivity index (χ1n) is 12.8. The second-order valence-electron chi connectivity index (χ2n) is 9.10. The molecule has 0 spiro atoms. The molecule has 0 bridgehead atoms. The van der Waals surface area contributed by atoms with Crippen molar-refractivity contribution in [1.82, 2.24) is 10.2 Å². The molecule has 0 saturated heterocycles. The van der Waals surface area contributed by atoms with Gasteiger partial charge in [-0.25, -0.2) is 12.8 Å². The number of hydrogen-bond acceptors (Lipinski definition) is 5. The Morgan fingerprint density at radius 3 is 2.27 bits per heavy atom. The summed E-state index contributed by atoms with van der Waals surface area (Å²) in [5.74, 6) is -1.12. The molecular weight excluding hydrogens is 557 g/mol. The maximum absolute atomic E-state index is 13.9. The summed E-state index contributed by atoms with van der Waals surface area (Å²) in [6, 6.07) is 16.5. The number of unbranched alkanes of at least 4 members (excludes halogenated alkanes) is 1. The number of amides is 2. The van der Waals surface area contributed by atoms with Gasteiger partial charge in [-0.2, -0.15) is 0 Å². The van der Waals surface area contributed by atoms with E-state index < -0.39 is 34.3 Å². The number of halogens is 2. The average Bonchev–Trinajstić information content (AvgIpc) is 2.95. The van der Waals surface area contributed by atoms with Gasteiger partial charge in [0.2, 0.25) is 11.8 Å². The van der Waals surface area contributed by atoms with Crippen molar-refractivity contribution in [2.24, 2.45) is 0 Å². The van der Waals surface area contributed by atoms with Crippen LogP contribution in [0.15, 0.2) is 77.7 Å². The fraction of sp³-hybridized carbons (Fsp3) is 0.310. The fourth-order valence-corrected chi connectivity index (χ4v) is 5.55. The van der Waals surface area contributed by atoms with Gasteiger partial charge in [0.15, 0.2) is 0 Å². The van der Waals surface area contributed by atoms with Crippen molar-refractivity contribution in [3.63, 3.8) is 0 Å². The number of nitrogens with zero attached hydrogens (tertiary/aromatic N) is 2. The quantitative estimate of drug-likeness (QED) is 0.283. The Bertz CT molecular complexity index is 1400. The summed E-state index contributed by atoms with van der Waals surface area (Å²) in [5.41, 5.74) is 0.681. The van der Waals surface area contributed by atoms with Crippen molar-refractivity contribution in [2.45, 2.75) is 44.2 Å². The molecule has 2 amide bonds. The molecule has 3 aromatic carbocycles. The van der Waals surface area contributed by atoms with Crippen molar-refractivity contribution in [3.8, 4) is 5.75 Å². The highest BCUT2D eigenvalue weighted by molar-refractivity contribution is 7.92. The highest BCUT2D eigenvalue weighted by Gasteiger charge is 2.32. The SMILES string of the molecule is CCCCNC(=O)[C@H](C)N(Cc1ccccc1Cl)C(=O)CN(c1ccc(F)cc1)S(=O)(=O)c1ccc(OC)cc1. The van der Waals surface area contributed by atoms with E-state index in [4.69, 9.17) is 16.3 Å². The van der Waals surface area contributed by atoms with Crippen LogP contribution in [-0.4, -0.2) is 51.4 Å². The summed E-state index contributed by atoms with van der Waals surface area (Å²) in [4.78, 5) is 28.1. The second-order valence-corrected chi connectivity index (χ2v) is 11.4. The minimum absolute atomic E-state index is 0.0271. The lowest BCUT2D eigenvalue weighted by atomic mass is 10.1. The van der Waals surface area contributed by atoms with Crippen LogP contribution >= 0.6 is 11.6 Å². The smallest absolute Gasteiger partial charge is 0.264 e. The zero-order valence-electron chi connectivity index (χ0n) is 22.6. The number of rotatable bonds is 13. The highest BCUT2D eigenvalue weighted by atomic mass is 35.5. The van der Waals surface area contributed by atoms with E-state index in [1.54, 1.807) is 31.2 Å². The Morgan fingerprint density at radius 1 is 1.02 bits per heavy atom. The molecule has 1 N–H and O–H groups in total. The standard InChI is InChI=1S/C29H33ClFN3O5S/c1-4-5-18-32-29(36)21(2)33(19-22-8-6-7-9-27(22)30)28(35)20-34(24-12-10-23(31)11-13-24)40(37,38)26-16-14-25(39-3)15-17-26/h6-17,21H,4-5,18-20H2,1-3H3,(H,32,36)/t21-/m0/s1. The van der Waals surface area contributed by atoms with E-state index in [2.05, 4.69) is 5.32 Å². The van der Waals surface area contributed by atoms with Gasteiger partial charge < -0.3 is 15.0 Å². The molecule has 0 aliphatic carbocycles. The van der Waals surface area contributed by atoms with Crippen molar-refractivity contribution in [3.05, 3.63) is 89.2 Å². The topological polar surface area (TPSA) is 96.0 Å². The number of anilines is 1. The number of sulfonamides is 1. The Morgan fingerprint density at radius 2 is 1.68 bits per heavy atom. The monoisotopic (exact) mass is 589 g/mol. The number of hydrogen-bond donors (Lipinski definition) is 1. The normalized spacial score (nSPS) is 11.9. The largest absolute Gasteiger partial charge is 0.497 e. The van der Waals surface area contributed by atoms with Crippen LogP contribution in [0.1, 0.15) is 32.3 Å². The minimum Gasteiger partial charge on any atom is -0.497 e. The van der Waals surface area contributed by atoms with Gasteiger partial charge >= 0.3 is 0 Å². The predicted molar refractivity (Wildman–Crippen MR) is 153 cm³/mol. The lowest BCUT2D eigenvalue weighted by Gasteiger charge is -2.32. The van der Waals surface area contributed by atoms with Crippen LogP contribution in [0.2, 0.25) is 5.02 Å². The summed E-state index contributed by atoms with van der Waals surface area (Å²) in [6.45, 7) is 3.35. The number of methoxy groups -OCH3 is 1. The highest BCUT2D eigenvalue weighted by Crippen LogP contribution is 2.26. The van der Waals surface area contributed by atoms with E-state index in [0.717, 1.165) is 29.3 Å². The van der Waals surface area contributed by atoms with Crippen molar-refractivity contribution >= 4 is 39.1 Å². The molecule has 3 rings (SSSR count). The van der Waals surface area contributed by atoms with E-state index in [1.807, 2.05) is 6.92 Å². The molecule has 11 heteroatoms. The molecule has 0 aliphatic rings. The van der Waals surface area contributed by atoms with Gasteiger partial charge in [-0.05, 0) is 73.5 Å². The van der Waals surface area contributed by atoms with Crippen LogP contribution in [-0.2, 0) is 26.2 Å². The lowest BCUT2D eigenvalue weighted by Crippen LogP contribution is -2.51. The van der Waals surface area contributed by atoms with E-state index in [1.165, 1.54) is 48.4 Å². The molecule has 0 aromatic heterocycles. The molecule has 0 heterocycles. The predicted octanol–water partition coefficient (Wildman–Crippen LogP) is 5.02. The van der Waals surface area contributed by atoms with Crippen molar-refractivity contribution < 1.29 is 27.1 Å². The van der Waals surface area contributed by atoms with Crippen LogP contribution in [0.4, 0.5) is 10.1 Å². The number of ether oxygens (including phenoxy) is 1. The molecule has 8 nitrogen and oxygen atoms in total. The van der Waals surface area contributed by atoms with Crippen molar-refractivity contribution in [2.75, 3.05) is 24.5 Å². The fourth-order valence-electron chi connectivity index (χ4n) is 3.94. The molecule has 0 aliphatic heterocycles. The molecular formula is C29H33ClFN3O5S. The van der Waals surface area contributed by atoms with Gasteiger partial charge in [0.25, 0.3) is 10.0 Å². The minimum atomic E-state index is -4.28.